The van der Waals surface area contributed by atoms with Crippen LogP contribution in [-0.4, -0.2) is 75.8 Å². The van der Waals surface area contributed by atoms with Crippen LogP contribution in [0.2, 0.25) is 0 Å². The molecule has 1 saturated heterocycles. The summed E-state index contributed by atoms with van der Waals surface area (Å²) in [7, 11) is -0.0498. The minimum absolute atomic E-state index is 0. The van der Waals surface area contributed by atoms with Crippen LogP contribution >= 0.6 is 35.0 Å². The lowest BCUT2D eigenvalue weighted by atomic mass is 10.1. The molecule has 0 saturated carbocycles. The molecule has 34 heavy (non-hydrogen) atoms. The van der Waals surface area contributed by atoms with Gasteiger partial charge in [0.15, 0.2) is 0 Å². The van der Waals surface area contributed by atoms with E-state index >= 15 is 0 Å². The Morgan fingerprint density at radius 2 is 1.71 bits per heavy atom. The number of hydrogen-bond acceptors (Lipinski definition) is 6. The van der Waals surface area contributed by atoms with E-state index in [9.17, 15) is 18.0 Å². The van der Waals surface area contributed by atoms with Gasteiger partial charge in [0.05, 0.1) is 11.4 Å². The van der Waals surface area contributed by atoms with E-state index in [0.717, 1.165) is 14.8 Å². The molecule has 12 heteroatoms. The molecule has 1 aliphatic rings. The zero-order valence-corrected chi connectivity index (χ0v) is 22.8. The summed E-state index contributed by atoms with van der Waals surface area (Å²) in [5.41, 5.74) is 7.40. The smallest absolute Gasteiger partial charge is 0.243 e. The molecule has 1 fully saturated rings. The second kappa shape index (κ2) is 12.2. The van der Waals surface area contributed by atoms with E-state index in [1.54, 1.807) is 12.1 Å². The number of sulfonamides is 1. The molecule has 2 aromatic carbocycles. The first-order chi connectivity index (χ1) is 15.6. The summed E-state index contributed by atoms with van der Waals surface area (Å²) < 4.78 is 28.8. The molecule has 186 valence electrons. The lowest BCUT2D eigenvalue weighted by Gasteiger charge is -2.39. The highest BCUT2D eigenvalue weighted by molar-refractivity contribution is 14.1. The zero-order valence-electron chi connectivity index (χ0n) is 19.0. The fraction of sp³-hybridized carbons (Fsp3) is 0.364. The lowest BCUT2D eigenvalue weighted by molar-refractivity contribution is -0.135. The minimum atomic E-state index is -3.93. The number of halogens is 2. The number of carbonyl (C=O) groups is 2. The quantitative estimate of drug-likeness (QED) is 0.450. The number of nitrogens with two attached hydrogens (primary N) is 1. The van der Waals surface area contributed by atoms with E-state index in [-0.39, 0.29) is 55.9 Å². The van der Waals surface area contributed by atoms with Gasteiger partial charge in [-0.2, -0.15) is 4.31 Å². The molecule has 2 amide bonds. The number of anilines is 1. The maximum absolute atomic E-state index is 13.3. The van der Waals surface area contributed by atoms with Gasteiger partial charge in [-0.25, -0.2) is 8.42 Å². The summed E-state index contributed by atoms with van der Waals surface area (Å²) in [4.78, 5) is 28.8. The van der Waals surface area contributed by atoms with Gasteiger partial charge in [-0.15, -0.1) is 12.4 Å². The third kappa shape index (κ3) is 6.60. The molecule has 9 nitrogen and oxygen atoms in total. The summed E-state index contributed by atoms with van der Waals surface area (Å²) in [6.45, 7) is 0.178. The Morgan fingerprint density at radius 1 is 1.09 bits per heavy atom. The summed E-state index contributed by atoms with van der Waals surface area (Å²) in [5, 5.41) is 2.83. The number of rotatable bonds is 7. The number of benzene rings is 2. The van der Waals surface area contributed by atoms with Gasteiger partial charge in [0, 0.05) is 49.5 Å². The molecule has 1 aliphatic heterocycles. The van der Waals surface area contributed by atoms with Crippen molar-refractivity contribution < 1.29 is 18.0 Å². The first kappa shape index (κ1) is 28.3. The Hall–Kier alpha value is -1.93. The van der Waals surface area contributed by atoms with Crippen LogP contribution in [-0.2, 0) is 26.2 Å². The molecule has 3 N–H and O–H groups in total. The monoisotopic (exact) mass is 621 g/mol. The Bertz CT molecular complexity index is 1100. The number of nitrogens with zero attached hydrogens (tertiary/aromatic N) is 3. The number of carbonyl (C=O) groups excluding carboxylic acids is 2. The predicted molar refractivity (Wildman–Crippen MR) is 142 cm³/mol. The third-order valence-corrected chi connectivity index (χ3v) is 8.14. The molecule has 0 unspecified atom stereocenters. The highest BCUT2D eigenvalue weighted by atomic mass is 127. The van der Waals surface area contributed by atoms with Crippen LogP contribution in [0, 0.1) is 3.57 Å². The molecule has 0 aromatic heterocycles. The maximum atomic E-state index is 13.3. The average Bonchev–Trinajstić information content (AvgIpc) is 2.82. The SMILES string of the molecule is CN(C)c1ccc(CNC(=O)[C@H]2CN(C(=O)CN)CCN2S(=O)(=O)c2ccc(I)cc2)cc1.Cl. The highest BCUT2D eigenvalue weighted by Gasteiger charge is 2.41. The third-order valence-electron chi connectivity index (χ3n) is 5.50. The van der Waals surface area contributed by atoms with Crippen molar-refractivity contribution in [2.45, 2.75) is 17.5 Å². The van der Waals surface area contributed by atoms with Crippen molar-refractivity contribution in [3.05, 3.63) is 57.7 Å². The van der Waals surface area contributed by atoms with Crippen molar-refractivity contribution in [3.8, 4) is 0 Å². The lowest BCUT2D eigenvalue weighted by Crippen LogP contribution is -2.61. The van der Waals surface area contributed by atoms with E-state index in [4.69, 9.17) is 5.73 Å². The molecule has 0 radical (unpaired) electrons. The Labute approximate surface area is 220 Å². The van der Waals surface area contributed by atoms with Crippen molar-refractivity contribution in [1.82, 2.24) is 14.5 Å². The van der Waals surface area contributed by atoms with Crippen molar-refractivity contribution in [1.29, 1.82) is 0 Å². The van der Waals surface area contributed by atoms with Gasteiger partial charge in [0.1, 0.15) is 6.04 Å². The molecule has 0 bridgehead atoms. The summed E-state index contributed by atoms with van der Waals surface area (Å²) in [5.74, 6) is -0.784. The summed E-state index contributed by atoms with van der Waals surface area (Å²) >= 11 is 2.10. The first-order valence-corrected chi connectivity index (χ1v) is 12.9. The predicted octanol–water partition coefficient (Wildman–Crippen LogP) is 1.26. The molecular weight excluding hydrogens is 593 g/mol. The molecular formula is C22H29ClIN5O4S. The standard InChI is InChI=1S/C22H28IN5O4S.ClH/c1-26(2)18-7-3-16(4-8-18)14-25-22(30)20-15-27(21(29)13-24)11-12-28(20)33(31,32)19-9-5-17(23)6-10-19;/h3-10,20H,11-15,24H2,1-2H3,(H,25,30);1H/t20-;/m1./s1. The molecule has 0 spiro atoms. The maximum Gasteiger partial charge on any atom is 0.243 e. The van der Waals surface area contributed by atoms with Crippen LogP contribution in [0.1, 0.15) is 5.56 Å². The summed E-state index contributed by atoms with van der Waals surface area (Å²) in [6, 6.07) is 13.1. The van der Waals surface area contributed by atoms with Crippen LogP contribution in [0.3, 0.4) is 0 Å². The highest BCUT2D eigenvalue weighted by Crippen LogP contribution is 2.23. The number of amides is 2. The second-order valence-corrected chi connectivity index (χ2v) is 11.0. The van der Waals surface area contributed by atoms with Crippen LogP contribution in [0.25, 0.3) is 0 Å². The first-order valence-electron chi connectivity index (χ1n) is 10.4. The van der Waals surface area contributed by atoms with Crippen molar-refractivity contribution >= 4 is 62.5 Å². The molecule has 2 aromatic rings. The van der Waals surface area contributed by atoms with Crippen LogP contribution < -0.4 is 16.0 Å². The molecule has 0 aliphatic carbocycles. The Morgan fingerprint density at radius 3 is 2.26 bits per heavy atom. The minimum Gasteiger partial charge on any atom is -0.378 e. The topological polar surface area (TPSA) is 116 Å². The van der Waals surface area contributed by atoms with Gasteiger partial charge in [-0.1, -0.05) is 12.1 Å². The molecule has 1 heterocycles. The number of nitrogens with one attached hydrogen (secondary N) is 1. The fourth-order valence-electron chi connectivity index (χ4n) is 3.58. The van der Waals surface area contributed by atoms with E-state index in [1.807, 2.05) is 43.3 Å². The largest absolute Gasteiger partial charge is 0.378 e. The van der Waals surface area contributed by atoms with Gasteiger partial charge in [0.25, 0.3) is 0 Å². The van der Waals surface area contributed by atoms with E-state index in [1.165, 1.54) is 21.3 Å². The van der Waals surface area contributed by atoms with E-state index in [0.29, 0.717) is 0 Å². The van der Waals surface area contributed by atoms with Gasteiger partial charge in [-0.05, 0) is 64.6 Å². The molecule has 1 atom stereocenters. The van der Waals surface area contributed by atoms with E-state index in [2.05, 4.69) is 27.9 Å². The number of hydrogen-bond donors (Lipinski definition) is 2. The van der Waals surface area contributed by atoms with Crippen LogP contribution in [0.15, 0.2) is 53.4 Å². The average molecular weight is 622 g/mol. The van der Waals surface area contributed by atoms with Crippen molar-refractivity contribution in [3.63, 3.8) is 0 Å². The molecule has 3 rings (SSSR count). The van der Waals surface area contributed by atoms with Crippen LogP contribution in [0.5, 0.6) is 0 Å². The van der Waals surface area contributed by atoms with Crippen LogP contribution in [0.4, 0.5) is 5.69 Å². The zero-order chi connectivity index (χ0) is 24.2. The van der Waals surface area contributed by atoms with Gasteiger partial charge in [-0.3, -0.25) is 9.59 Å². The Kier molecular flexibility index (Phi) is 10.1. The fourth-order valence-corrected chi connectivity index (χ4v) is 5.51. The van der Waals surface area contributed by atoms with Crippen molar-refractivity contribution in [2.24, 2.45) is 5.73 Å². The number of piperazine rings is 1. The second-order valence-electron chi connectivity index (χ2n) is 7.91. The summed E-state index contributed by atoms with van der Waals surface area (Å²) in [6.07, 6.45) is 0. The van der Waals surface area contributed by atoms with Gasteiger partial charge < -0.3 is 20.9 Å². The normalized spacial score (nSPS) is 16.5. The van der Waals surface area contributed by atoms with Crippen molar-refractivity contribution in [2.75, 3.05) is 45.2 Å². The van der Waals surface area contributed by atoms with Gasteiger partial charge in [0.2, 0.25) is 21.8 Å². The Balaban J connectivity index is 0.00000408. The van der Waals surface area contributed by atoms with Gasteiger partial charge >= 0.3 is 0 Å². The van der Waals surface area contributed by atoms with E-state index < -0.39 is 22.0 Å².